The van der Waals surface area contributed by atoms with Crippen LogP contribution in [0.25, 0.3) is 0 Å². The van der Waals surface area contributed by atoms with Gasteiger partial charge in [-0.15, -0.1) is 11.8 Å². The van der Waals surface area contributed by atoms with Crippen molar-refractivity contribution >= 4 is 17.7 Å². The van der Waals surface area contributed by atoms with Crippen LogP contribution in [0.1, 0.15) is 33.6 Å². The Morgan fingerprint density at radius 1 is 1.57 bits per heavy atom. The van der Waals surface area contributed by atoms with Crippen molar-refractivity contribution in [3.8, 4) is 0 Å². The predicted octanol–water partition coefficient (Wildman–Crippen LogP) is 1.34. The summed E-state index contributed by atoms with van der Waals surface area (Å²) < 4.78 is 0. The quantitative estimate of drug-likeness (QED) is 0.745. The number of thioether (sulfide) groups is 1. The molecule has 0 aromatic carbocycles. The first kappa shape index (κ1) is 11.9. The van der Waals surface area contributed by atoms with Crippen LogP contribution < -0.4 is 10.6 Å². The van der Waals surface area contributed by atoms with E-state index in [1.165, 1.54) is 0 Å². The Balaban J connectivity index is 2.45. The van der Waals surface area contributed by atoms with Crippen molar-refractivity contribution in [1.82, 2.24) is 10.6 Å². The van der Waals surface area contributed by atoms with Gasteiger partial charge >= 0.3 is 0 Å². The smallest absolute Gasteiger partial charge is 0.238 e. The lowest BCUT2D eigenvalue weighted by Crippen LogP contribution is -2.52. The molecule has 1 aliphatic rings. The van der Waals surface area contributed by atoms with Gasteiger partial charge in [0.15, 0.2) is 0 Å². The molecule has 0 aliphatic carbocycles. The Bertz CT molecular complexity index is 198. The molecule has 3 nitrogen and oxygen atoms in total. The fourth-order valence-corrected chi connectivity index (χ4v) is 2.32. The van der Waals surface area contributed by atoms with E-state index >= 15 is 0 Å². The summed E-state index contributed by atoms with van der Waals surface area (Å²) in [4.78, 5) is 11.8. The van der Waals surface area contributed by atoms with Gasteiger partial charge in [-0.25, -0.2) is 0 Å². The van der Waals surface area contributed by atoms with Crippen molar-refractivity contribution in [2.45, 2.75) is 45.2 Å². The van der Waals surface area contributed by atoms with E-state index in [2.05, 4.69) is 31.4 Å². The van der Waals surface area contributed by atoms with Gasteiger partial charge in [-0.3, -0.25) is 10.1 Å². The van der Waals surface area contributed by atoms with Crippen molar-refractivity contribution in [1.29, 1.82) is 0 Å². The van der Waals surface area contributed by atoms with Gasteiger partial charge in [-0.2, -0.15) is 0 Å². The maximum Gasteiger partial charge on any atom is 0.238 e. The van der Waals surface area contributed by atoms with Crippen LogP contribution in [0.4, 0.5) is 0 Å². The van der Waals surface area contributed by atoms with E-state index in [1.54, 1.807) is 11.8 Å². The molecule has 0 bridgehead atoms. The first-order chi connectivity index (χ1) is 6.61. The second-order valence-electron chi connectivity index (χ2n) is 4.03. The summed E-state index contributed by atoms with van der Waals surface area (Å²) in [6.07, 6.45) is 1.96. The average Bonchev–Trinajstić information content (AvgIpc) is 2.70. The summed E-state index contributed by atoms with van der Waals surface area (Å²) in [5.74, 6) is 1.95. The largest absolute Gasteiger partial charge is 0.350 e. The Morgan fingerprint density at radius 2 is 2.21 bits per heavy atom. The molecular formula is C10H20N2OS. The first-order valence-corrected chi connectivity index (χ1v) is 6.40. The van der Waals surface area contributed by atoms with Crippen molar-refractivity contribution in [2.24, 2.45) is 0 Å². The highest BCUT2D eigenvalue weighted by Crippen LogP contribution is 2.15. The molecule has 1 rings (SSSR count). The van der Waals surface area contributed by atoms with Gasteiger partial charge in [0.1, 0.15) is 0 Å². The normalized spacial score (nSPS) is 22.4. The number of rotatable bonds is 4. The zero-order valence-corrected chi connectivity index (χ0v) is 10.0. The lowest BCUT2D eigenvalue weighted by Gasteiger charge is -2.29. The molecule has 0 spiro atoms. The SMILES string of the molecule is CCC(C)(CC)NC(=O)C1CSCN1. The Labute approximate surface area is 90.4 Å². The van der Waals surface area contributed by atoms with Gasteiger partial charge in [0.2, 0.25) is 5.91 Å². The lowest BCUT2D eigenvalue weighted by molar-refractivity contribution is -0.124. The number of hydrogen-bond acceptors (Lipinski definition) is 3. The predicted molar refractivity (Wildman–Crippen MR) is 61.4 cm³/mol. The van der Waals surface area contributed by atoms with Crippen LogP contribution in [0, 0.1) is 0 Å². The molecule has 82 valence electrons. The van der Waals surface area contributed by atoms with Gasteiger partial charge in [-0.1, -0.05) is 13.8 Å². The molecule has 0 aromatic rings. The van der Waals surface area contributed by atoms with E-state index in [-0.39, 0.29) is 17.5 Å². The topological polar surface area (TPSA) is 41.1 Å². The van der Waals surface area contributed by atoms with E-state index in [0.29, 0.717) is 0 Å². The van der Waals surface area contributed by atoms with Crippen molar-refractivity contribution in [2.75, 3.05) is 11.6 Å². The number of carbonyl (C=O) groups excluding carboxylic acids is 1. The first-order valence-electron chi connectivity index (χ1n) is 5.24. The minimum absolute atomic E-state index is 0.0115. The summed E-state index contributed by atoms with van der Waals surface area (Å²) in [7, 11) is 0. The number of amides is 1. The van der Waals surface area contributed by atoms with Crippen LogP contribution in [-0.2, 0) is 4.79 Å². The average molecular weight is 216 g/mol. The number of nitrogens with one attached hydrogen (secondary N) is 2. The molecule has 1 amide bonds. The summed E-state index contributed by atoms with van der Waals surface area (Å²) in [6.45, 7) is 6.33. The number of carbonyl (C=O) groups is 1. The van der Waals surface area contributed by atoms with Crippen LogP contribution in [0.2, 0.25) is 0 Å². The van der Waals surface area contributed by atoms with E-state index < -0.39 is 0 Å². The summed E-state index contributed by atoms with van der Waals surface area (Å²) in [5, 5.41) is 6.30. The molecule has 1 saturated heterocycles. The van der Waals surface area contributed by atoms with E-state index in [1.807, 2.05) is 0 Å². The molecule has 1 fully saturated rings. The van der Waals surface area contributed by atoms with Gasteiger partial charge in [0.25, 0.3) is 0 Å². The molecule has 1 heterocycles. The van der Waals surface area contributed by atoms with E-state index in [0.717, 1.165) is 24.5 Å². The highest BCUT2D eigenvalue weighted by Gasteiger charge is 2.28. The second kappa shape index (κ2) is 5.03. The third-order valence-corrected chi connectivity index (χ3v) is 3.96. The van der Waals surface area contributed by atoms with Crippen molar-refractivity contribution < 1.29 is 4.79 Å². The molecule has 0 radical (unpaired) electrons. The monoisotopic (exact) mass is 216 g/mol. The fraction of sp³-hybridized carbons (Fsp3) is 0.900. The van der Waals surface area contributed by atoms with Crippen LogP contribution >= 0.6 is 11.8 Å². The van der Waals surface area contributed by atoms with Gasteiger partial charge in [-0.05, 0) is 19.8 Å². The van der Waals surface area contributed by atoms with Crippen LogP contribution in [0.5, 0.6) is 0 Å². The van der Waals surface area contributed by atoms with Gasteiger partial charge in [0, 0.05) is 17.2 Å². The second-order valence-corrected chi connectivity index (χ2v) is 5.06. The van der Waals surface area contributed by atoms with Gasteiger partial charge in [0.05, 0.1) is 6.04 Å². The third kappa shape index (κ3) is 2.89. The highest BCUT2D eigenvalue weighted by atomic mass is 32.2. The molecule has 1 aliphatic heterocycles. The zero-order chi connectivity index (χ0) is 10.6. The molecule has 14 heavy (non-hydrogen) atoms. The highest BCUT2D eigenvalue weighted by molar-refractivity contribution is 7.99. The summed E-state index contributed by atoms with van der Waals surface area (Å²) in [6, 6.07) is 0.0115. The van der Waals surface area contributed by atoms with Crippen LogP contribution in [-0.4, -0.2) is 29.1 Å². The minimum Gasteiger partial charge on any atom is -0.350 e. The summed E-state index contributed by atoms with van der Waals surface area (Å²) >= 11 is 1.78. The molecule has 1 unspecified atom stereocenters. The minimum atomic E-state index is -0.0357. The lowest BCUT2D eigenvalue weighted by atomic mass is 9.95. The van der Waals surface area contributed by atoms with Crippen LogP contribution in [0.15, 0.2) is 0 Å². The summed E-state index contributed by atoms with van der Waals surface area (Å²) in [5.41, 5.74) is -0.0357. The molecular weight excluding hydrogens is 196 g/mol. The molecule has 0 aromatic heterocycles. The molecule has 1 atom stereocenters. The standard InChI is InChI=1S/C10H20N2OS/c1-4-10(3,5-2)12-9(13)8-6-14-7-11-8/h8,11H,4-7H2,1-3H3,(H,12,13). The van der Waals surface area contributed by atoms with E-state index in [9.17, 15) is 4.79 Å². The van der Waals surface area contributed by atoms with Crippen molar-refractivity contribution in [3.05, 3.63) is 0 Å². The Hall–Kier alpha value is -0.220. The fourth-order valence-electron chi connectivity index (χ4n) is 1.37. The Kier molecular flexibility index (Phi) is 4.26. The number of hydrogen-bond donors (Lipinski definition) is 2. The van der Waals surface area contributed by atoms with Crippen molar-refractivity contribution in [3.63, 3.8) is 0 Å². The Morgan fingerprint density at radius 3 is 2.64 bits per heavy atom. The molecule has 2 N–H and O–H groups in total. The maximum absolute atomic E-state index is 11.8. The van der Waals surface area contributed by atoms with E-state index in [4.69, 9.17) is 0 Å². The van der Waals surface area contributed by atoms with Gasteiger partial charge < -0.3 is 5.32 Å². The molecule has 0 saturated carbocycles. The zero-order valence-electron chi connectivity index (χ0n) is 9.22. The third-order valence-electron chi connectivity index (χ3n) is 3.02. The maximum atomic E-state index is 11.8. The molecule has 4 heteroatoms. The van der Waals surface area contributed by atoms with Crippen LogP contribution in [0.3, 0.4) is 0 Å².